The Hall–Kier alpha value is -5.04. The van der Waals surface area contributed by atoms with Crippen molar-refractivity contribution in [1.29, 1.82) is 0 Å². The summed E-state index contributed by atoms with van der Waals surface area (Å²) in [5.41, 5.74) is 3.84. The monoisotopic (exact) mass is 834 g/mol. The molecule has 1 fully saturated rings. The van der Waals surface area contributed by atoms with E-state index in [0.29, 0.717) is 47.0 Å². The van der Waals surface area contributed by atoms with Gasteiger partial charge in [0, 0.05) is 49.7 Å². The number of nitrogens with zero attached hydrogens (tertiary/aromatic N) is 4. The van der Waals surface area contributed by atoms with Crippen molar-refractivity contribution in [2.45, 2.75) is 46.3 Å². The number of aromatic nitrogens is 2. The highest BCUT2D eigenvalue weighted by molar-refractivity contribution is 7.85. The zero-order valence-electron chi connectivity index (χ0n) is 34.0. The van der Waals surface area contributed by atoms with Crippen molar-refractivity contribution in [2.75, 3.05) is 76.9 Å². The highest BCUT2D eigenvalue weighted by atomic mass is 32.2. The van der Waals surface area contributed by atoms with E-state index in [9.17, 15) is 16.8 Å². The van der Waals surface area contributed by atoms with Crippen LogP contribution in [-0.4, -0.2) is 115 Å². The van der Waals surface area contributed by atoms with Crippen molar-refractivity contribution in [3.8, 4) is 56.8 Å². The third-order valence-electron chi connectivity index (χ3n) is 7.93. The molecule has 2 aromatic carbocycles. The van der Waals surface area contributed by atoms with Crippen LogP contribution in [0.2, 0.25) is 0 Å². The molecule has 2 aromatic heterocycles. The molecule has 314 valence electrons. The van der Waals surface area contributed by atoms with Crippen LogP contribution in [0.15, 0.2) is 60.9 Å². The second-order valence-electron chi connectivity index (χ2n) is 13.4. The molecular weight excluding hydrogens is 781 g/mol. The van der Waals surface area contributed by atoms with Gasteiger partial charge in [-0.1, -0.05) is 0 Å². The third-order valence-corrected chi connectivity index (χ3v) is 7.93. The number of ether oxygens (including phenoxy) is 6. The molecular formula is C39H54N4O12S2. The minimum atomic E-state index is -3.67. The molecule has 0 spiro atoms. The van der Waals surface area contributed by atoms with Gasteiger partial charge in [0.1, 0.15) is 11.6 Å². The van der Waals surface area contributed by atoms with E-state index < -0.39 is 20.2 Å². The molecule has 1 aliphatic rings. The summed E-state index contributed by atoms with van der Waals surface area (Å²) in [6.07, 6.45) is 6.21. The van der Waals surface area contributed by atoms with Crippen LogP contribution in [0.5, 0.6) is 34.5 Å². The van der Waals surface area contributed by atoms with E-state index in [2.05, 4.69) is 34.1 Å². The second kappa shape index (κ2) is 20.9. The Morgan fingerprint density at radius 2 is 0.842 bits per heavy atom. The molecule has 5 rings (SSSR count). The molecule has 2 N–H and O–H groups in total. The summed E-state index contributed by atoms with van der Waals surface area (Å²) in [5.74, 6) is 5.60. The fourth-order valence-electron chi connectivity index (χ4n) is 5.66. The molecule has 0 bridgehead atoms. The zero-order valence-corrected chi connectivity index (χ0v) is 35.7. The minimum absolute atomic E-state index is 0.00756. The number of hydrogen-bond donors (Lipinski definition) is 2. The molecule has 57 heavy (non-hydrogen) atoms. The zero-order chi connectivity index (χ0) is 42.5. The van der Waals surface area contributed by atoms with Crippen molar-refractivity contribution in [3.63, 3.8) is 0 Å². The minimum Gasteiger partial charge on any atom is -0.493 e. The van der Waals surface area contributed by atoms with Crippen LogP contribution < -0.4 is 38.2 Å². The van der Waals surface area contributed by atoms with Gasteiger partial charge in [-0.2, -0.15) is 16.8 Å². The van der Waals surface area contributed by atoms with E-state index in [1.54, 1.807) is 28.4 Å². The van der Waals surface area contributed by atoms with Gasteiger partial charge in [-0.25, -0.2) is 9.97 Å². The molecule has 0 atom stereocenters. The largest absolute Gasteiger partial charge is 0.493 e. The average molecular weight is 835 g/mol. The molecule has 1 saturated heterocycles. The smallest absolute Gasteiger partial charge is 0.261 e. The summed E-state index contributed by atoms with van der Waals surface area (Å²) in [4.78, 5) is 14.4. The first-order chi connectivity index (χ1) is 26.7. The molecule has 0 aliphatic carbocycles. The van der Waals surface area contributed by atoms with Crippen molar-refractivity contribution in [1.82, 2.24) is 9.97 Å². The number of pyridine rings is 2. The Morgan fingerprint density at radius 3 is 1.07 bits per heavy atom. The second-order valence-corrected chi connectivity index (χ2v) is 16.3. The van der Waals surface area contributed by atoms with Crippen LogP contribution in [0.25, 0.3) is 22.3 Å². The van der Waals surface area contributed by atoms with Gasteiger partial charge in [-0.3, -0.25) is 9.11 Å². The van der Waals surface area contributed by atoms with Gasteiger partial charge in [-0.05, 0) is 93.8 Å². The number of benzene rings is 2. The number of rotatable bonds is 12. The summed E-state index contributed by atoms with van der Waals surface area (Å²) >= 11 is 0. The van der Waals surface area contributed by atoms with Crippen molar-refractivity contribution in [2.24, 2.45) is 0 Å². The molecule has 0 radical (unpaired) electrons. The normalized spacial score (nSPS) is 13.1. The van der Waals surface area contributed by atoms with E-state index in [-0.39, 0.29) is 12.2 Å². The molecule has 18 heteroatoms. The summed E-state index contributed by atoms with van der Waals surface area (Å²) in [6, 6.07) is 16.2. The van der Waals surface area contributed by atoms with Gasteiger partial charge in [0.2, 0.25) is 11.5 Å². The Labute approximate surface area is 336 Å². The Bertz CT molecular complexity index is 1900. The maximum absolute atomic E-state index is 9.19. The topological polar surface area (TPSA) is 196 Å². The lowest BCUT2D eigenvalue weighted by molar-refractivity contribution is 0.218. The van der Waals surface area contributed by atoms with E-state index in [1.165, 1.54) is 0 Å². The number of anilines is 2. The first-order valence-corrected chi connectivity index (χ1v) is 21.6. The fraction of sp³-hybridized carbons (Fsp3) is 0.436. The highest BCUT2D eigenvalue weighted by Gasteiger charge is 2.21. The molecule has 1 aliphatic heterocycles. The Balaban J connectivity index is 0.000000775. The standard InChI is InChI=1S/C37H46N4O6.2CH4O3S/c1-24(2)46-36-30(42-5)18-28(19-31(36)43-6)26-10-12-34(38-22-26)40-14-9-15-41(17-16-40)35-13-11-27(23-39-35)29-20-32(44-7)37(47-25(3)4)33(21-29)45-8;2*1-5(2,3)4/h10-13,18-25H,9,14-17H2,1-8H3;2*1H3,(H,2,3,4). The summed E-state index contributed by atoms with van der Waals surface area (Å²) in [6.45, 7) is 11.4. The maximum Gasteiger partial charge on any atom is 0.261 e. The lowest BCUT2D eigenvalue weighted by atomic mass is 10.1. The Morgan fingerprint density at radius 1 is 0.544 bits per heavy atom. The molecule has 0 saturated carbocycles. The predicted molar refractivity (Wildman–Crippen MR) is 221 cm³/mol. The summed E-state index contributed by atoms with van der Waals surface area (Å²) in [7, 11) is -0.791. The van der Waals surface area contributed by atoms with Crippen molar-refractivity contribution in [3.05, 3.63) is 60.9 Å². The highest BCUT2D eigenvalue weighted by Crippen LogP contribution is 2.43. The van der Waals surface area contributed by atoms with Crippen molar-refractivity contribution < 1.29 is 54.4 Å². The van der Waals surface area contributed by atoms with E-state index in [0.717, 1.165) is 66.5 Å². The molecule has 0 amide bonds. The molecule has 0 unspecified atom stereocenters. The van der Waals surface area contributed by atoms with Crippen LogP contribution in [0.1, 0.15) is 34.1 Å². The van der Waals surface area contributed by atoms with E-state index in [4.69, 9.17) is 47.5 Å². The van der Waals surface area contributed by atoms with Gasteiger partial charge < -0.3 is 38.2 Å². The van der Waals surface area contributed by atoms with E-state index in [1.807, 2.05) is 64.4 Å². The number of methoxy groups -OCH3 is 4. The predicted octanol–water partition coefficient (Wildman–Crippen LogP) is 6.14. The van der Waals surface area contributed by atoms with Crippen LogP contribution in [0.3, 0.4) is 0 Å². The lowest BCUT2D eigenvalue weighted by Crippen LogP contribution is -2.31. The van der Waals surface area contributed by atoms with Gasteiger partial charge in [0.25, 0.3) is 20.2 Å². The maximum atomic E-state index is 9.19. The SMILES string of the molecule is COc1cc(-c2ccc(N3CCCN(c4ccc(-c5cc(OC)c(OC(C)C)c(OC)c5)cn4)CC3)nc2)cc(OC)c1OC(C)C.CS(=O)(=O)O.CS(=O)(=O)O. The van der Waals surface area contributed by atoms with Gasteiger partial charge >= 0.3 is 0 Å². The van der Waals surface area contributed by atoms with Crippen LogP contribution in [0, 0.1) is 0 Å². The summed E-state index contributed by atoms with van der Waals surface area (Å²) < 4.78 is 86.2. The molecule has 16 nitrogen and oxygen atoms in total. The Kier molecular flexibility index (Phi) is 17.0. The third kappa shape index (κ3) is 15.1. The van der Waals surface area contributed by atoms with Crippen LogP contribution in [-0.2, 0) is 20.2 Å². The summed E-state index contributed by atoms with van der Waals surface area (Å²) in [5, 5.41) is 0. The molecule has 4 aromatic rings. The van der Waals surface area contributed by atoms with E-state index >= 15 is 0 Å². The quantitative estimate of drug-likeness (QED) is 0.154. The van der Waals surface area contributed by atoms with Gasteiger partial charge in [-0.15, -0.1) is 0 Å². The van der Waals surface area contributed by atoms with Gasteiger partial charge in [0.05, 0.1) is 53.2 Å². The average Bonchev–Trinajstić information content (AvgIpc) is 3.40. The first-order valence-electron chi connectivity index (χ1n) is 17.9. The number of hydrogen-bond acceptors (Lipinski definition) is 14. The van der Waals surface area contributed by atoms with Crippen molar-refractivity contribution >= 4 is 31.9 Å². The van der Waals surface area contributed by atoms with Crippen LogP contribution >= 0.6 is 0 Å². The van der Waals surface area contributed by atoms with Crippen LogP contribution in [0.4, 0.5) is 11.6 Å². The first kappa shape index (κ1) is 46.3. The molecule has 3 heterocycles. The lowest BCUT2D eigenvalue weighted by Gasteiger charge is -2.24. The van der Waals surface area contributed by atoms with Gasteiger partial charge in [0.15, 0.2) is 23.0 Å². The fourth-order valence-corrected chi connectivity index (χ4v) is 5.66.